The van der Waals surface area contributed by atoms with Crippen molar-refractivity contribution in [1.82, 2.24) is 9.71 Å². The van der Waals surface area contributed by atoms with E-state index in [1.807, 2.05) is 13.0 Å². The first kappa shape index (κ1) is 19.8. The van der Waals surface area contributed by atoms with Gasteiger partial charge in [0.25, 0.3) is 0 Å². The van der Waals surface area contributed by atoms with Crippen LogP contribution in [0.3, 0.4) is 0 Å². The van der Waals surface area contributed by atoms with E-state index in [1.54, 1.807) is 35.4 Å². The number of fused-ring (bicyclic) bond motifs is 1. The van der Waals surface area contributed by atoms with Crippen LogP contribution in [0.2, 0.25) is 0 Å². The molecule has 1 N–H and O–H groups in total. The molecule has 1 amide bonds. The van der Waals surface area contributed by atoms with Gasteiger partial charge in [-0.3, -0.25) is 4.79 Å². The Bertz CT molecular complexity index is 1150. The highest BCUT2D eigenvalue weighted by Gasteiger charge is 2.23. The molecule has 7 nitrogen and oxygen atoms in total. The van der Waals surface area contributed by atoms with Crippen molar-refractivity contribution in [2.24, 2.45) is 0 Å². The van der Waals surface area contributed by atoms with Crippen molar-refractivity contribution in [2.45, 2.75) is 38.1 Å². The number of benzene rings is 1. The molecule has 0 unspecified atom stereocenters. The average Bonchev–Trinajstić information content (AvgIpc) is 3.35. The van der Waals surface area contributed by atoms with Crippen LogP contribution in [0.5, 0.6) is 0 Å². The Morgan fingerprint density at radius 1 is 1.34 bits per heavy atom. The summed E-state index contributed by atoms with van der Waals surface area (Å²) in [4.78, 5) is 19.0. The Balaban J connectivity index is 1.53. The summed E-state index contributed by atoms with van der Waals surface area (Å²) in [6, 6.07) is 8.55. The number of aromatic nitrogens is 1. The quantitative estimate of drug-likeness (QED) is 0.668. The standard InChI is InChI=1S/C20H21N3O4S2/c1-13-19(28-20(22-13)18-6-4-10-27-18)12-21-29(25,26)16-7-8-17-15(11-16)5-3-9-23(17)14(2)24/h4,6-8,10-11,21H,3,5,9,12H2,1-2H3. The number of furan rings is 1. The van der Waals surface area contributed by atoms with Crippen LogP contribution >= 0.6 is 11.3 Å². The fourth-order valence-corrected chi connectivity index (χ4v) is 5.52. The van der Waals surface area contributed by atoms with Gasteiger partial charge in [0.15, 0.2) is 10.8 Å². The van der Waals surface area contributed by atoms with Crippen LogP contribution in [-0.4, -0.2) is 25.9 Å². The zero-order valence-corrected chi connectivity index (χ0v) is 17.8. The number of carbonyl (C=O) groups excluding carboxylic acids is 1. The number of nitrogens with zero attached hydrogens (tertiary/aromatic N) is 2. The van der Waals surface area contributed by atoms with Crippen molar-refractivity contribution >= 4 is 33.0 Å². The van der Waals surface area contributed by atoms with Crippen LogP contribution in [0.4, 0.5) is 5.69 Å². The molecule has 29 heavy (non-hydrogen) atoms. The predicted molar refractivity (Wildman–Crippen MR) is 111 cm³/mol. The van der Waals surface area contributed by atoms with Gasteiger partial charge in [0, 0.05) is 30.6 Å². The number of nitrogens with one attached hydrogen (secondary N) is 1. The molecule has 1 aliphatic heterocycles. The first-order valence-corrected chi connectivity index (χ1v) is 11.6. The second-order valence-electron chi connectivity index (χ2n) is 6.89. The molecule has 152 valence electrons. The zero-order chi connectivity index (χ0) is 20.6. The van der Waals surface area contributed by atoms with E-state index in [2.05, 4.69) is 9.71 Å². The van der Waals surface area contributed by atoms with Crippen molar-refractivity contribution in [3.63, 3.8) is 0 Å². The zero-order valence-electron chi connectivity index (χ0n) is 16.1. The molecule has 0 saturated carbocycles. The molecule has 0 aliphatic carbocycles. The third-order valence-corrected chi connectivity index (χ3v) is 7.48. The van der Waals surface area contributed by atoms with Gasteiger partial charge in [0.2, 0.25) is 15.9 Å². The molecular weight excluding hydrogens is 410 g/mol. The lowest BCUT2D eigenvalue weighted by molar-refractivity contribution is -0.116. The van der Waals surface area contributed by atoms with Gasteiger partial charge < -0.3 is 9.32 Å². The second-order valence-corrected chi connectivity index (χ2v) is 9.74. The molecule has 0 radical (unpaired) electrons. The van der Waals surface area contributed by atoms with Crippen molar-refractivity contribution in [3.05, 3.63) is 52.7 Å². The Labute approximate surface area is 173 Å². The minimum Gasteiger partial charge on any atom is -0.462 e. The number of rotatable bonds is 5. The van der Waals surface area contributed by atoms with Crippen LogP contribution < -0.4 is 9.62 Å². The molecule has 0 atom stereocenters. The number of amides is 1. The van der Waals surface area contributed by atoms with Crippen LogP contribution in [-0.2, 0) is 27.8 Å². The molecule has 1 aromatic carbocycles. The Kier molecular flexibility index (Phi) is 5.28. The van der Waals surface area contributed by atoms with Crippen LogP contribution in [0.1, 0.15) is 29.5 Å². The maximum Gasteiger partial charge on any atom is 0.240 e. The minimum absolute atomic E-state index is 0.0345. The van der Waals surface area contributed by atoms with Crippen molar-refractivity contribution in [2.75, 3.05) is 11.4 Å². The summed E-state index contributed by atoms with van der Waals surface area (Å²) in [5, 5.41) is 0.722. The lowest BCUT2D eigenvalue weighted by Crippen LogP contribution is -2.33. The van der Waals surface area contributed by atoms with E-state index in [1.165, 1.54) is 18.3 Å². The maximum absolute atomic E-state index is 12.8. The average molecular weight is 432 g/mol. The summed E-state index contributed by atoms with van der Waals surface area (Å²) in [6.07, 6.45) is 3.15. The highest BCUT2D eigenvalue weighted by Crippen LogP contribution is 2.31. The Morgan fingerprint density at radius 3 is 2.90 bits per heavy atom. The number of hydrogen-bond donors (Lipinski definition) is 1. The number of anilines is 1. The summed E-state index contributed by atoms with van der Waals surface area (Å²) in [5.41, 5.74) is 2.44. The van der Waals surface area contributed by atoms with E-state index >= 15 is 0 Å². The fourth-order valence-electron chi connectivity index (χ4n) is 3.41. The van der Waals surface area contributed by atoms with Gasteiger partial charge in [-0.25, -0.2) is 18.1 Å². The summed E-state index contributed by atoms with van der Waals surface area (Å²) in [5.74, 6) is 0.629. The Hall–Kier alpha value is -2.49. The fraction of sp³-hybridized carbons (Fsp3) is 0.300. The van der Waals surface area contributed by atoms with Crippen molar-refractivity contribution in [1.29, 1.82) is 0 Å². The van der Waals surface area contributed by atoms with Gasteiger partial charge in [-0.05, 0) is 55.7 Å². The van der Waals surface area contributed by atoms with Crippen LogP contribution in [0.15, 0.2) is 45.9 Å². The predicted octanol–water partition coefficient (Wildman–Crippen LogP) is 3.49. The third-order valence-electron chi connectivity index (χ3n) is 4.91. The first-order valence-electron chi connectivity index (χ1n) is 9.26. The lowest BCUT2D eigenvalue weighted by atomic mass is 10.0. The number of sulfonamides is 1. The first-order chi connectivity index (χ1) is 13.8. The summed E-state index contributed by atoms with van der Waals surface area (Å²) < 4.78 is 33.7. The van der Waals surface area contributed by atoms with Crippen LogP contribution in [0, 0.1) is 6.92 Å². The van der Waals surface area contributed by atoms with E-state index in [0.717, 1.165) is 39.7 Å². The maximum atomic E-state index is 12.8. The van der Waals surface area contributed by atoms with Crippen LogP contribution in [0.25, 0.3) is 10.8 Å². The minimum atomic E-state index is -3.69. The van der Waals surface area contributed by atoms with Crippen molar-refractivity contribution < 1.29 is 17.6 Å². The molecule has 0 saturated heterocycles. The highest BCUT2D eigenvalue weighted by atomic mass is 32.2. The van der Waals surface area contributed by atoms with E-state index in [9.17, 15) is 13.2 Å². The summed E-state index contributed by atoms with van der Waals surface area (Å²) >= 11 is 1.40. The summed E-state index contributed by atoms with van der Waals surface area (Å²) in [7, 11) is -3.69. The van der Waals surface area contributed by atoms with Crippen molar-refractivity contribution in [3.8, 4) is 10.8 Å². The molecule has 0 spiro atoms. The largest absolute Gasteiger partial charge is 0.462 e. The molecule has 0 bridgehead atoms. The molecule has 4 rings (SSSR count). The molecular formula is C20H21N3O4S2. The van der Waals surface area contributed by atoms with Gasteiger partial charge in [-0.15, -0.1) is 11.3 Å². The molecule has 9 heteroatoms. The molecule has 3 heterocycles. The topological polar surface area (TPSA) is 92.5 Å². The highest BCUT2D eigenvalue weighted by molar-refractivity contribution is 7.89. The van der Waals surface area contributed by atoms with E-state index in [4.69, 9.17) is 4.42 Å². The lowest BCUT2D eigenvalue weighted by Gasteiger charge is -2.28. The van der Waals surface area contributed by atoms with E-state index < -0.39 is 10.0 Å². The normalized spacial score (nSPS) is 14.1. The van der Waals surface area contributed by atoms with Gasteiger partial charge in [-0.2, -0.15) is 0 Å². The van der Waals surface area contributed by atoms with E-state index in [-0.39, 0.29) is 17.3 Å². The van der Waals surface area contributed by atoms with Gasteiger partial charge in [0.1, 0.15) is 0 Å². The Morgan fingerprint density at radius 2 is 2.17 bits per heavy atom. The smallest absolute Gasteiger partial charge is 0.240 e. The van der Waals surface area contributed by atoms with Gasteiger partial charge in [-0.1, -0.05) is 0 Å². The molecule has 0 fully saturated rings. The molecule has 1 aliphatic rings. The number of hydrogen-bond acceptors (Lipinski definition) is 6. The molecule has 3 aromatic rings. The van der Waals surface area contributed by atoms with Gasteiger partial charge in [0.05, 0.1) is 16.9 Å². The van der Waals surface area contributed by atoms with Gasteiger partial charge >= 0.3 is 0 Å². The monoisotopic (exact) mass is 431 g/mol. The van der Waals surface area contributed by atoms with E-state index in [0.29, 0.717) is 12.3 Å². The second kappa shape index (κ2) is 7.74. The third kappa shape index (κ3) is 3.98. The number of carbonyl (C=O) groups is 1. The number of thiazole rings is 1. The molecule has 2 aromatic heterocycles. The number of aryl methyl sites for hydroxylation is 2. The SMILES string of the molecule is CC(=O)N1CCCc2cc(S(=O)(=O)NCc3sc(-c4ccco4)nc3C)ccc21. The summed E-state index contributed by atoms with van der Waals surface area (Å²) in [6.45, 7) is 4.19.